The van der Waals surface area contributed by atoms with Gasteiger partial charge < -0.3 is 15.6 Å². The van der Waals surface area contributed by atoms with Crippen molar-refractivity contribution in [1.82, 2.24) is 4.31 Å². The Labute approximate surface area is 119 Å². The Bertz CT molecular complexity index is 559. The third-order valence-corrected chi connectivity index (χ3v) is 5.19. The van der Waals surface area contributed by atoms with Gasteiger partial charge >= 0.3 is 0 Å². The first kappa shape index (κ1) is 15.4. The molecule has 2 atom stereocenters. The van der Waals surface area contributed by atoms with Crippen molar-refractivity contribution in [3.63, 3.8) is 0 Å². The van der Waals surface area contributed by atoms with E-state index in [9.17, 15) is 8.42 Å². The van der Waals surface area contributed by atoms with Crippen LogP contribution in [0, 0.1) is 0 Å². The van der Waals surface area contributed by atoms with Crippen molar-refractivity contribution in [1.29, 1.82) is 0 Å². The van der Waals surface area contributed by atoms with E-state index in [1.54, 1.807) is 24.3 Å². The van der Waals surface area contributed by atoms with Gasteiger partial charge in [0.25, 0.3) is 0 Å². The maximum atomic E-state index is 12.6. The molecular weight excluding hydrogens is 280 g/mol. The highest BCUT2D eigenvalue weighted by atomic mass is 32.2. The van der Waals surface area contributed by atoms with Crippen molar-refractivity contribution >= 4 is 10.0 Å². The molecule has 0 bridgehead atoms. The molecule has 1 saturated heterocycles. The van der Waals surface area contributed by atoms with Crippen molar-refractivity contribution in [2.45, 2.75) is 24.0 Å². The fraction of sp³-hybridized carbons (Fsp3) is 0.538. The SMILES string of the molecule is CC(N)c1cccc(S(=O)(=O)N2CCOC(CO)C2)c1. The van der Waals surface area contributed by atoms with Gasteiger partial charge in [-0.3, -0.25) is 0 Å². The zero-order valence-electron chi connectivity index (χ0n) is 11.4. The third-order valence-electron chi connectivity index (χ3n) is 3.33. The Morgan fingerprint density at radius 1 is 1.55 bits per heavy atom. The van der Waals surface area contributed by atoms with E-state index in [1.165, 1.54) is 4.31 Å². The van der Waals surface area contributed by atoms with E-state index in [-0.39, 0.29) is 30.7 Å². The molecule has 1 aromatic carbocycles. The van der Waals surface area contributed by atoms with Crippen LogP contribution >= 0.6 is 0 Å². The summed E-state index contributed by atoms with van der Waals surface area (Å²) in [6, 6.07) is 6.43. The molecule has 7 heteroatoms. The second-order valence-corrected chi connectivity index (χ2v) is 6.84. The standard InChI is InChI=1S/C13H20N2O4S/c1-10(14)11-3-2-4-13(7-11)20(17,18)15-5-6-19-12(8-15)9-16/h2-4,7,10,12,16H,5-6,8-9,14H2,1H3. The number of hydrogen-bond acceptors (Lipinski definition) is 5. The smallest absolute Gasteiger partial charge is 0.243 e. The fourth-order valence-corrected chi connectivity index (χ4v) is 3.64. The lowest BCUT2D eigenvalue weighted by molar-refractivity contribution is -0.0304. The second kappa shape index (κ2) is 6.19. The van der Waals surface area contributed by atoms with Gasteiger partial charge in [-0.05, 0) is 24.6 Å². The number of aliphatic hydroxyl groups is 1. The molecule has 0 aromatic heterocycles. The summed E-state index contributed by atoms with van der Waals surface area (Å²) in [5.74, 6) is 0. The van der Waals surface area contributed by atoms with Crippen molar-refractivity contribution < 1.29 is 18.3 Å². The molecule has 20 heavy (non-hydrogen) atoms. The van der Waals surface area contributed by atoms with Crippen LogP contribution in [0.4, 0.5) is 0 Å². The Morgan fingerprint density at radius 3 is 2.95 bits per heavy atom. The molecule has 0 spiro atoms. The maximum absolute atomic E-state index is 12.6. The Kier molecular flexibility index (Phi) is 4.77. The van der Waals surface area contributed by atoms with Gasteiger partial charge in [0.1, 0.15) is 0 Å². The van der Waals surface area contributed by atoms with Gasteiger partial charge in [0.2, 0.25) is 10.0 Å². The highest BCUT2D eigenvalue weighted by Gasteiger charge is 2.30. The Hall–Kier alpha value is -0.990. The molecule has 1 aliphatic rings. The number of ether oxygens (including phenoxy) is 1. The molecule has 2 unspecified atom stereocenters. The summed E-state index contributed by atoms with van der Waals surface area (Å²) in [6.07, 6.45) is -0.463. The van der Waals surface area contributed by atoms with Crippen LogP contribution in [0.2, 0.25) is 0 Å². The lowest BCUT2D eigenvalue weighted by Crippen LogP contribution is -2.46. The molecule has 1 aromatic rings. The number of nitrogens with two attached hydrogens (primary N) is 1. The van der Waals surface area contributed by atoms with E-state index in [0.29, 0.717) is 6.54 Å². The largest absolute Gasteiger partial charge is 0.394 e. The molecular formula is C13H20N2O4S. The van der Waals surface area contributed by atoms with E-state index in [1.807, 2.05) is 6.92 Å². The molecule has 1 heterocycles. The topological polar surface area (TPSA) is 92.9 Å². The number of benzene rings is 1. The number of rotatable bonds is 4. The van der Waals surface area contributed by atoms with Crippen LogP contribution in [0.25, 0.3) is 0 Å². The van der Waals surface area contributed by atoms with Crippen molar-refractivity contribution in [3.8, 4) is 0 Å². The zero-order chi connectivity index (χ0) is 14.8. The van der Waals surface area contributed by atoms with Gasteiger partial charge in [0, 0.05) is 19.1 Å². The van der Waals surface area contributed by atoms with Crippen LogP contribution in [0.5, 0.6) is 0 Å². The van der Waals surface area contributed by atoms with Crippen LogP contribution in [-0.2, 0) is 14.8 Å². The lowest BCUT2D eigenvalue weighted by Gasteiger charge is -2.31. The van der Waals surface area contributed by atoms with Gasteiger partial charge in [-0.15, -0.1) is 0 Å². The first-order valence-corrected chi connectivity index (χ1v) is 7.97. The van der Waals surface area contributed by atoms with E-state index in [0.717, 1.165) is 5.56 Å². The Balaban J connectivity index is 2.28. The van der Waals surface area contributed by atoms with E-state index < -0.39 is 16.1 Å². The lowest BCUT2D eigenvalue weighted by atomic mass is 10.1. The first-order chi connectivity index (χ1) is 9.45. The average Bonchev–Trinajstić information content (AvgIpc) is 2.47. The molecule has 0 aliphatic carbocycles. The maximum Gasteiger partial charge on any atom is 0.243 e. The summed E-state index contributed by atoms with van der Waals surface area (Å²) in [5.41, 5.74) is 6.56. The molecule has 112 valence electrons. The summed E-state index contributed by atoms with van der Waals surface area (Å²) in [6.45, 7) is 2.37. The predicted octanol–water partition coefficient (Wildman–Crippen LogP) is 0.0881. The quantitative estimate of drug-likeness (QED) is 0.822. The minimum absolute atomic E-state index is 0.168. The van der Waals surface area contributed by atoms with Crippen molar-refractivity contribution in [2.24, 2.45) is 5.73 Å². The second-order valence-electron chi connectivity index (χ2n) is 4.90. The summed E-state index contributed by atoms with van der Waals surface area (Å²) in [4.78, 5) is 0.228. The molecule has 0 amide bonds. The minimum Gasteiger partial charge on any atom is -0.394 e. The number of nitrogens with zero attached hydrogens (tertiary/aromatic N) is 1. The van der Waals surface area contributed by atoms with Crippen LogP contribution in [-0.4, -0.2) is 50.2 Å². The van der Waals surface area contributed by atoms with Crippen LogP contribution in [0.15, 0.2) is 29.2 Å². The summed E-state index contributed by atoms with van der Waals surface area (Å²) >= 11 is 0. The molecule has 1 fully saturated rings. The molecule has 0 radical (unpaired) electrons. The fourth-order valence-electron chi connectivity index (χ4n) is 2.13. The first-order valence-electron chi connectivity index (χ1n) is 6.53. The third kappa shape index (κ3) is 3.18. The number of morpholine rings is 1. The number of hydrogen-bond donors (Lipinski definition) is 2. The van der Waals surface area contributed by atoms with Gasteiger partial charge in [-0.1, -0.05) is 12.1 Å². The average molecular weight is 300 g/mol. The van der Waals surface area contributed by atoms with Crippen LogP contribution < -0.4 is 5.73 Å². The molecule has 6 nitrogen and oxygen atoms in total. The van der Waals surface area contributed by atoms with Gasteiger partial charge in [0.15, 0.2) is 0 Å². The van der Waals surface area contributed by atoms with Gasteiger partial charge in [-0.2, -0.15) is 4.31 Å². The number of aliphatic hydroxyl groups excluding tert-OH is 1. The molecule has 1 aliphatic heterocycles. The summed E-state index contributed by atoms with van der Waals surface area (Å²) in [5, 5.41) is 9.10. The summed E-state index contributed by atoms with van der Waals surface area (Å²) in [7, 11) is -3.57. The monoisotopic (exact) mass is 300 g/mol. The minimum atomic E-state index is -3.57. The van der Waals surface area contributed by atoms with Crippen molar-refractivity contribution in [2.75, 3.05) is 26.3 Å². The van der Waals surface area contributed by atoms with Gasteiger partial charge in [0.05, 0.1) is 24.2 Å². The van der Waals surface area contributed by atoms with Gasteiger partial charge in [-0.25, -0.2) is 8.42 Å². The highest BCUT2D eigenvalue weighted by Crippen LogP contribution is 2.21. The normalized spacial score (nSPS) is 22.6. The highest BCUT2D eigenvalue weighted by molar-refractivity contribution is 7.89. The molecule has 3 N–H and O–H groups in total. The van der Waals surface area contributed by atoms with Crippen LogP contribution in [0.3, 0.4) is 0 Å². The van der Waals surface area contributed by atoms with Crippen molar-refractivity contribution in [3.05, 3.63) is 29.8 Å². The zero-order valence-corrected chi connectivity index (χ0v) is 12.2. The van der Waals surface area contributed by atoms with E-state index in [4.69, 9.17) is 15.6 Å². The predicted molar refractivity (Wildman–Crippen MR) is 74.6 cm³/mol. The van der Waals surface area contributed by atoms with E-state index in [2.05, 4.69) is 0 Å². The summed E-state index contributed by atoms with van der Waals surface area (Å²) < 4.78 is 31.8. The molecule has 0 saturated carbocycles. The number of sulfonamides is 1. The Morgan fingerprint density at radius 2 is 2.30 bits per heavy atom. The molecule has 2 rings (SSSR count). The van der Waals surface area contributed by atoms with Crippen LogP contribution in [0.1, 0.15) is 18.5 Å². The van der Waals surface area contributed by atoms with E-state index >= 15 is 0 Å².